The van der Waals surface area contributed by atoms with Crippen LogP contribution in [-0.4, -0.2) is 26.0 Å². The van der Waals surface area contributed by atoms with E-state index in [1.54, 1.807) is 12.3 Å². The second kappa shape index (κ2) is 5.31. The first-order valence-corrected chi connectivity index (χ1v) is 5.55. The number of carboxylic acids is 1. The molecule has 0 aliphatic carbocycles. The number of carboxylic acid groups (broad SMARTS) is 1. The molecule has 2 N–H and O–H groups in total. The van der Waals surface area contributed by atoms with Crippen LogP contribution in [0.1, 0.15) is 16.1 Å². The summed E-state index contributed by atoms with van der Waals surface area (Å²) in [4.78, 5) is 28.8. The summed E-state index contributed by atoms with van der Waals surface area (Å²) < 4.78 is 0. The van der Waals surface area contributed by atoms with Gasteiger partial charge in [0.2, 0.25) is 5.82 Å². The molecule has 2 heterocycles. The van der Waals surface area contributed by atoms with Gasteiger partial charge in [-0.05, 0) is 24.6 Å². The molecule has 0 aliphatic rings. The van der Waals surface area contributed by atoms with E-state index in [1.807, 2.05) is 6.92 Å². The number of aryl methyl sites for hydroxylation is 1. The van der Waals surface area contributed by atoms with E-state index in [2.05, 4.69) is 15.3 Å². The Balaban J connectivity index is 2.44. The number of carbonyl (C=O) groups is 1. The van der Waals surface area contributed by atoms with Crippen molar-refractivity contribution in [3.05, 3.63) is 52.0 Å². The summed E-state index contributed by atoms with van der Waals surface area (Å²) in [6.07, 6.45) is 3.09. The van der Waals surface area contributed by atoms with Crippen LogP contribution in [0.5, 0.6) is 0 Å². The number of nitro groups is 1. The Kier molecular flexibility index (Phi) is 3.56. The lowest BCUT2D eigenvalue weighted by Crippen LogP contribution is -2.06. The molecule has 0 unspecified atom stereocenters. The second-order valence-corrected chi connectivity index (χ2v) is 4.00. The molecule has 0 radical (unpaired) electrons. The summed E-state index contributed by atoms with van der Waals surface area (Å²) in [5.74, 6) is -1.40. The van der Waals surface area contributed by atoms with Crippen LogP contribution < -0.4 is 5.32 Å². The minimum absolute atomic E-state index is 0.137. The van der Waals surface area contributed by atoms with Crippen molar-refractivity contribution in [3.63, 3.8) is 0 Å². The molecule has 8 heteroatoms. The fraction of sp³-hybridized carbons (Fsp3) is 0.0833. The van der Waals surface area contributed by atoms with Crippen molar-refractivity contribution in [1.29, 1.82) is 0 Å². The highest BCUT2D eigenvalue weighted by Crippen LogP contribution is 2.25. The number of nitrogens with one attached hydrogen (secondary N) is 1. The fourth-order valence-electron chi connectivity index (χ4n) is 1.57. The zero-order chi connectivity index (χ0) is 14.7. The molecule has 0 aromatic carbocycles. The molecule has 0 fully saturated rings. The molecule has 0 saturated carbocycles. The molecular weight excluding hydrogens is 264 g/mol. The van der Waals surface area contributed by atoms with Gasteiger partial charge in [-0.3, -0.25) is 15.1 Å². The maximum atomic E-state index is 10.9. The third-order valence-electron chi connectivity index (χ3n) is 2.43. The Morgan fingerprint density at radius 2 is 2.15 bits per heavy atom. The normalized spacial score (nSPS) is 10.1. The van der Waals surface area contributed by atoms with Crippen LogP contribution >= 0.6 is 0 Å². The highest BCUT2D eigenvalue weighted by Gasteiger charge is 2.18. The smallest absolute Gasteiger partial charge is 0.354 e. The van der Waals surface area contributed by atoms with E-state index in [0.717, 1.165) is 17.7 Å². The molecule has 8 nitrogen and oxygen atoms in total. The van der Waals surface area contributed by atoms with E-state index in [0.29, 0.717) is 5.69 Å². The van der Waals surface area contributed by atoms with Crippen LogP contribution in [0.3, 0.4) is 0 Å². The third kappa shape index (κ3) is 2.86. The standard InChI is InChI=1S/C12H10N4O4/c1-7-4-8(6-13-5-7)14-11-10(16(19)20)3-2-9(15-11)12(17)18/h2-6H,1H3,(H,14,15)(H,17,18). The largest absolute Gasteiger partial charge is 0.477 e. The van der Waals surface area contributed by atoms with Gasteiger partial charge in [0.1, 0.15) is 0 Å². The van der Waals surface area contributed by atoms with Crippen molar-refractivity contribution in [1.82, 2.24) is 9.97 Å². The monoisotopic (exact) mass is 274 g/mol. The number of aromatic carboxylic acids is 1. The zero-order valence-electron chi connectivity index (χ0n) is 10.4. The summed E-state index contributed by atoms with van der Waals surface area (Å²) >= 11 is 0. The van der Waals surface area contributed by atoms with Gasteiger partial charge in [0, 0.05) is 12.3 Å². The number of aromatic nitrogens is 2. The first-order chi connectivity index (χ1) is 9.47. The van der Waals surface area contributed by atoms with Crippen LogP contribution in [0.25, 0.3) is 0 Å². The maximum Gasteiger partial charge on any atom is 0.354 e. The van der Waals surface area contributed by atoms with E-state index in [9.17, 15) is 14.9 Å². The number of rotatable bonds is 4. The van der Waals surface area contributed by atoms with Crippen LogP contribution in [-0.2, 0) is 0 Å². The molecule has 0 spiro atoms. The number of hydrogen-bond acceptors (Lipinski definition) is 6. The molecule has 102 valence electrons. The van der Waals surface area contributed by atoms with Crippen molar-refractivity contribution >= 4 is 23.2 Å². The molecule has 0 saturated heterocycles. The van der Waals surface area contributed by atoms with Crippen LogP contribution in [0, 0.1) is 17.0 Å². The minimum atomic E-state index is -1.26. The van der Waals surface area contributed by atoms with Gasteiger partial charge in [-0.25, -0.2) is 9.78 Å². The molecule has 0 amide bonds. The topological polar surface area (TPSA) is 118 Å². The van der Waals surface area contributed by atoms with E-state index in [-0.39, 0.29) is 17.2 Å². The first-order valence-electron chi connectivity index (χ1n) is 5.55. The second-order valence-electron chi connectivity index (χ2n) is 4.00. The third-order valence-corrected chi connectivity index (χ3v) is 2.43. The first kappa shape index (κ1) is 13.4. The molecule has 2 aromatic heterocycles. The summed E-state index contributed by atoms with van der Waals surface area (Å²) in [7, 11) is 0. The van der Waals surface area contributed by atoms with E-state index in [4.69, 9.17) is 5.11 Å². The molecule has 0 aliphatic heterocycles. The quantitative estimate of drug-likeness (QED) is 0.647. The Hall–Kier alpha value is -3.03. The van der Waals surface area contributed by atoms with Gasteiger partial charge in [0.05, 0.1) is 16.8 Å². The molecule has 0 atom stereocenters. The van der Waals surface area contributed by atoms with Gasteiger partial charge in [-0.15, -0.1) is 0 Å². The van der Waals surface area contributed by atoms with Crippen molar-refractivity contribution in [3.8, 4) is 0 Å². The zero-order valence-corrected chi connectivity index (χ0v) is 10.4. The Labute approximate surface area is 113 Å². The van der Waals surface area contributed by atoms with Gasteiger partial charge in [-0.2, -0.15) is 0 Å². The van der Waals surface area contributed by atoms with Crippen molar-refractivity contribution < 1.29 is 14.8 Å². The van der Waals surface area contributed by atoms with E-state index >= 15 is 0 Å². The van der Waals surface area contributed by atoms with Gasteiger partial charge in [-0.1, -0.05) is 0 Å². The fourth-order valence-corrected chi connectivity index (χ4v) is 1.57. The average molecular weight is 274 g/mol. The van der Waals surface area contributed by atoms with Gasteiger partial charge < -0.3 is 10.4 Å². The molecule has 0 bridgehead atoms. The highest BCUT2D eigenvalue weighted by atomic mass is 16.6. The Morgan fingerprint density at radius 3 is 2.75 bits per heavy atom. The predicted molar refractivity (Wildman–Crippen MR) is 70.1 cm³/mol. The number of hydrogen-bond donors (Lipinski definition) is 2. The highest BCUT2D eigenvalue weighted by molar-refractivity contribution is 5.86. The lowest BCUT2D eigenvalue weighted by Gasteiger charge is -2.07. The maximum absolute atomic E-state index is 10.9. The van der Waals surface area contributed by atoms with Gasteiger partial charge in [0.15, 0.2) is 5.69 Å². The van der Waals surface area contributed by atoms with Crippen molar-refractivity contribution in [2.24, 2.45) is 0 Å². The summed E-state index contributed by atoms with van der Waals surface area (Å²) in [5, 5.41) is 22.5. The van der Waals surface area contributed by atoms with E-state index in [1.165, 1.54) is 6.20 Å². The summed E-state index contributed by atoms with van der Waals surface area (Å²) in [5.41, 5.74) is 0.755. The predicted octanol–water partition coefficient (Wildman–Crippen LogP) is 2.14. The van der Waals surface area contributed by atoms with Crippen molar-refractivity contribution in [2.75, 3.05) is 5.32 Å². The number of nitrogens with zero attached hydrogens (tertiary/aromatic N) is 3. The number of anilines is 2. The molecule has 2 rings (SSSR count). The van der Waals surface area contributed by atoms with Crippen LogP contribution in [0.15, 0.2) is 30.6 Å². The van der Waals surface area contributed by atoms with Crippen LogP contribution in [0.4, 0.5) is 17.2 Å². The van der Waals surface area contributed by atoms with Crippen LogP contribution in [0.2, 0.25) is 0 Å². The molecule has 2 aromatic rings. The van der Waals surface area contributed by atoms with Crippen molar-refractivity contribution in [2.45, 2.75) is 6.92 Å². The lowest BCUT2D eigenvalue weighted by molar-refractivity contribution is -0.384. The summed E-state index contributed by atoms with van der Waals surface area (Å²) in [6.45, 7) is 1.81. The van der Waals surface area contributed by atoms with Gasteiger partial charge >= 0.3 is 11.7 Å². The lowest BCUT2D eigenvalue weighted by atomic mass is 10.3. The molecule has 20 heavy (non-hydrogen) atoms. The Morgan fingerprint density at radius 1 is 1.40 bits per heavy atom. The van der Waals surface area contributed by atoms with E-state index < -0.39 is 10.9 Å². The SMILES string of the molecule is Cc1cncc(Nc2nc(C(=O)O)ccc2[N+](=O)[O-])c1. The minimum Gasteiger partial charge on any atom is -0.477 e. The Bertz CT molecular complexity index is 687. The number of pyridine rings is 2. The van der Waals surface area contributed by atoms with Gasteiger partial charge in [0.25, 0.3) is 0 Å². The molecular formula is C12H10N4O4. The average Bonchev–Trinajstić information content (AvgIpc) is 2.38. The summed E-state index contributed by atoms with van der Waals surface area (Å²) in [6, 6.07) is 3.90.